The smallest absolute Gasteiger partial charge is 0.158 e. The molecule has 1 saturated carbocycles. The van der Waals surface area contributed by atoms with E-state index in [0.717, 1.165) is 19.3 Å². The topological polar surface area (TPSA) is 26.3 Å². The van der Waals surface area contributed by atoms with Gasteiger partial charge in [-0.05, 0) is 31.4 Å². The van der Waals surface area contributed by atoms with Crippen LogP contribution in [-0.2, 0) is 9.53 Å². The molecule has 11 heavy (non-hydrogen) atoms. The maximum absolute atomic E-state index is 11.2. The monoisotopic (exact) mass is 152 g/mol. The maximum Gasteiger partial charge on any atom is 0.158 e. The highest BCUT2D eigenvalue weighted by Gasteiger charge is 2.42. The van der Waals surface area contributed by atoms with Crippen LogP contribution in [0.4, 0.5) is 0 Å². The van der Waals surface area contributed by atoms with Gasteiger partial charge in [0.05, 0.1) is 5.60 Å². The number of fused-ring (bicyclic) bond motifs is 2. The molecule has 0 spiro atoms. The highest BCUT2D eigenvalue weighted by molar-refractivity contribution is 5.93. The zero-order chi connectivity index (χ0) is 7.90. The summed E-state index contributed by atoms with van der Waals surface area (Å²) in [6.45, 7) is 0. The number of hydrogen-bond donors (Lipinski definition) is 0. The largest absolute Gasteiger partial charge is 0.374 e. The maximum atomic E-state index is 11.2. The molecule has 0 N–H and O–H groups in total. The average Bonchev–Trinajstić information content (AvgIpc) is 2.40. The molecule has 0 heterocycles. The molecule has 0 radical (unpaired) electrons. The average molecular weight is 152 g/mol. The van der Waals surface area contributed by atoms with E-state index in [1.807, 2.05) is 6.08 Å². The Hall–Kier alpha value is -0.630. The number of allylic oxidation sites excluding steroid dienone is 1. The first-order chi connectivity index (χ1) is 5.26. The molecule has 0 aromatic heterocycles. The van der Waals surface area contributed by atoms with Gasteiger partial charge in [-0.3, -0.25) is 4.79 Å². The van der Waals surface area contributed by atoms with E-state index in [9.17, 15) is 4.79 Å². The molecule has 1 fully saturated rings. The summed E-state index contributed by atoms with van der Waals surface area (Å²) in [6, 6.07) is 0. The van der Waals surface area contributed by atoms with E-state index in [0.29, 0.717) is 0 Å². The summed E-state index contributed by atoms with van der Waals surface area (Å²) in [5.41, 5.74) is -0.0847. The van der Waals surface area contributed by atoms with Gasteiger partial charge in [-0.2, -0.15) is 0 Å². The number of carbonyl (C=O) groups is 1. The summed E-state index contributed by atoms with van der Waals surface area (Å²) in [7, 11) is 1.72. The second kappa shape index (κ2) is 2.18. The summed E-state index contributed by atoms with van der Waals surface area (Å²) >= 11 is 0. The van der Waals surface area contributed by atoms with E-state index < -0.39 is 0 Å². The van der Waals surface area contributed by atoms with Crippen molar-refractivity contribution in [2.45, 2.75) is 24.9 Å². The van der Waals surface area contributed by atoms with Gasteiger partial charge >= 0.3 is 0 Å². The number of rotatable bonds is 1. The van der Waals surface area contributed by atoms with Gasteiger partial charge < -0.3 is 4.74 Å². The zero-order valence-electron chi connectivity index (χ0n) is 6.67. The fourth-order valence-electron chi connectivity index (χ4n) is 2.06. The minimum Gasteiger partial charge on any atom is -0.374 e. The fourth-order valence-corrected chi connectivity index (χ4v) is 2.06. The van der Waals surface area contributed by atoms with Gasteiger partial charge in [-0.1, -0.05) is 0 Å². The first kappa shape index (κ1) is 7.04. The van der Waals surface area contributed by atoms with Crippen molar-refractivity contribution < 1.29 is 9.53 Å². The van der Waals surface area contributed by atoms with Gasteiger partial charge in [-0.25, -0.2) is 0 Å². The van der Waals surface area contributed by atoms with E-state index in [1.165, 1.54) is 0 Å². The van der Waals surface area contributed by atoms with Gasteiger partial charge in [0.1, 0.15) is 0 Å². The lowest BCUT2D eigenvalue weighted by molar-refractivity contribution is -0.119. The van der Waals surface area contributed by atoms with Crippen LogP contribution in [0.25, 0.3) is 0 Å². The van der Waals surface area contributed by atoms with Crippen molar-refractivity contribution in [1.82, 2.24) is 0 Å². The molecule has 2 aliphatic rings. The second-order valence-electron chi connectivity index (χ2n) is 3.44. The predicted octanol–water partition coefficient (Wildman–Crippen LogP) is 1.31. The van der Waals surface area contributed by atoms with E-state index in [1.54, 1.807) is 13.2 Å². The van der Waals surface area contributed by atoms with Crippen LogP contribution in [0.2, 0.25) is 0 Å². The van der Waals surface area contributed by atoms with Gasteiger partial charge in [0.25, 0.3) is 0 Å². The molecular weight excluding hydrogens is 140 g/mol. The minimum atomic E-state index is -0.0847. The Morgan fingerprint density at radius 1 is 1.73 bits per heavy atom. The molecular formula is C9H12O2. The summed E-state index contributed by atoms with van der Waals surface area (Å²) in [4.78, 5) is 11.2. The van der Waals surface area contributed by atoms with Crippen LogP contribution in [0.3, 0.4) is 0 Å². The Kier molecular flexibility index (Phi) is 1.39. The molecule has 0 aliphatic heterocycles. The van der Waals surface area contributed by atoms with Crippen molar-refractivity contribution in [3.05, 3.63) is 12.2 Å². The Bertz CT molecular complexity index is 220. The molecule has 0 aromatic carbocycles. The van der Waals surface area contributed by atoms with E-state index in [4.69, 9.17) is 4.74 Å². The van der Waals surface area contributed by atoms with Crippen molar-refractivity contribution in [2.24, 2.45) is 5.92 Å². The Labute approximate surface area is 66.2 Å². The fraction of sp³-hybridized carbons (Fsp3) is 0.667. The van der Waals surface area contributed by atoms with Crippen LogP contribution in [-0.4, -0.2) is 18.5 Å². The number of ketones is 1. The van der Waals surface area contributed by atoms with E-state index in [-0.39, 0.29) is 17.3 Å². The Morgan fingerprint density at radius 2 is 2.55 bits per heavy atom. The summed E-state index contributed by atoms with van der Waals surface area (Å²) < 4.78 is 5.38. The van der Waals surface area contributed by atoms with Crippen molar-refractivity contribution in [3.63, 3.8) is 0 Å². The molecule has 2 unspecified atom stereocenters. The zero-order valence-corrected chi connectivity index (χ0v) is 6.67. The number of ether oxygens (including phenoxy) is 1. The molecule has 2 aliphatic carbocycles. The van der Waals surface area contributed by atoms with Crippen LogP contribution in [0.1, 0.15) is 19.3 Å². The molecule has 0 amide bonds. The third-order valence-corrected chi connectivity index (χ3v) is 2.87. The van der Waals surface area contributed by atoms with E-state index in [2.05, 4.69) is 0 Å². The van der Waals surface area contributed by atoms with Crippen molar-refractivity contribution in [2.75, 3.05) is 7.11 Å². The first-order valence-electron chi connectivity index (χ1n) is 4.04. The lowest BCUT2D eigenvalue weighted by Crippen LogP contribution is -2.29. The Morgan fingerprint density at radius 3 is 3.27 bits per heavy atom. The molecule has 0 aromatic rings. The quantitative estimate of drug-likeness (QED) is 0.566. The van der Waals surface area contributed by atoms with Crippen LogP contribution in [0.15, 0.2) is 12.2 Å². The summed E-state index contributed by atoms with van der Waals surface area (Å²) in [5.74, 6) is 0.537. The van der Waals surface area contributed by atoms with Crippen molar-refractivity contribution in [3.8, 4) is 0 Å². The van der Waals surface area contributed by atoms with Crippen LogP contribution >= 0.6 is 0 Å². The minimum absolute atomic E-state index is 0.0847. The predicted molar refractivity (Wildman–Crippen MR) is 41.2 cm³/mol. The van der Waals surface area contributed by atoms with Crippen molar-refractivity contribution >= 4 is 5.78 Å². The molecule has 60 valence electrons. The number of carbonyl (C=O) groups excluding carboxylic acids is 1. The molecule has 2 nitrogen and oxygen atoms in total. The molecule has 2 heteroatoms. The number of hydrogen-bond acceptors (Lipinski definition) is 2. The molecule has 2 bridgehead atoms. The van der Waals surface area contributed by atoms with Crippen LogP contribution in [0, 0.1) is 5.92 Å². The summed E-state index contributed by atoms with van der Waals surface area (Å²) in [5, 5.41) is 0. The van der Waals surface area contributed by atoms with E-state index >= 15 is 0 Å². The highest BCUT2D eigenvalue weighted by atomic mass is 16.5. The molecule has 0 saturated heterocycles. The van der Waals surface area contributed by atoms with Gasteiger partial charge in [0.2, 0.25) is 0 Å². The molecule has 2 atom stereocenters. The van der Waals surface area contributed by atoms with Gasteiger partial charge in [0, 0.05) is 13.0 Å². The SMILES string of the molecule is COC12C=CC(=O)C(CC1)C2. The number of methoxy groups -OCH3 is 1. The third-order valence-electron chi connectivity index (χ3n) is 2.87. The lowest BCUT2D eigenvalue weighted by Gasteiger charge is -2.25. The third kappa shape index (κ3) is 0.932. The van der Waals surface area contributed by atoms with Crippen LogP contribution in [0.5, 0.6) is 0 Å². The highest BCUT2D eigenvalue weighted by Crippen LogP contribution is 2.41. The van der Waals surface area contributed by atoms with Gasteiger partial charge in [0.15, 0.2) is 5.78 Å². The standard InChI is InChI=1S/C9H12O2/c1-11-9-4-2-7(6-9)8(10)3-5-9/h3,5,7H,2,4,6H2,1H3. The Balaban J connectivity index is 2.30. The van der Waals surface area contributed by atoms with Crippen molar-refractivity contribution in [1.29, 1.82) is 0 Å². The second-order valence-corrected chi connectivity index (χ2v) is 3.44. The first-order valence-corrected chi connectivity index (χ1v) is 4.04. The van der Waals surface area contributed by atoms with Gasteiger partial charge in [-0.15, -0.1) is 0 Å². The molecule has 2 rings (SSSR count). The lowest BCUT2D eigenvalue weighted by atomic mass is 9.91. The summed E-state index contributed by atoms with van der Waals surface area (Å²) in [6.07, 6.45) is 6.53. The van der Waals surface area contributed by atoms with Crippen LogP contribution < -0.4 is 0 Å². The normalized spacial score (nSPS) is 41.5.